The molecule has 0 aliphatic heterocycles. The molecule has 0 aliphatic carbocycles. The molecule has 0 saturated carbocycles. The van der Waals surface area contributed by atoms with Crippen LogP contribution in [0.3, 0.4) is 0 Å². The first kappa shape index (κ1) is 20.4. The fraction of sp³-hybridized carbons (Fsp3) is 0.174. The lowest BCUT2D eigenvalue weighted by Gasteiger charge is -2.12. The summed E-state index contributed by atoms with van der Waals surface area (Å²) in [4.78, 5) is 16.9. The van der Waals surface area contributed by atoms with Gasteiger partial charge < -0.3 is 9.47 Å². The molecule has 166 valence electrons. The second-order valence-corrected chi connectivity index (χ2v) is 7.47. The Labute approximate surface area is 188 Å². The van der Waals surface area contributed by atoms with Gasteiger partial charge in [0.2, 0.25) is 11.8 Å². The highest BCUT2D eigenvalue weighted by Crippen LogP contribution is 2.26. The molecule has 5 aromatic rings. The van der Waals surface area contributed by atoms with Crippen molar-refractivity contribution in [1.29, 1.82) is 0 Å². The van der Waals surface area contributed by atoms with Gasteiger partial charge in [0.05, 0.1) is 18.3 Å². The van der Waals surface area contributed by atoms with Crippen molar-refractivity contribution in [2.24, 2.45) is 7.05 Å². The summed E-state index contributed by atoms with van der Waals surface area (Å²) in [7, 11) is 3.13. The molecule has 3 heterocycles. The molecule has 0 saturated heterocycles. The Bertz CT molecular complexity index is 1520. The van der Waals surface area contributed by atoms with Gasteiger partial charge in [-0.3, -0.25) is 0 Å². The van der Waals surface area contributed by atoms with Crippen molar-refractivity contribution in [3.63, 3.8) is 0 Å². The molecule has 10 heteroatoms. The van der Waals surface area contributed by atoms with Crippen LogP contribution in [0.5, 0.6) is 11.8 Å². The van der Waals surface area contributed by atoms with Crippen LogP contribution in [0.1, 0.15) is 11.1 Å². The summed E-state index contributed by atoms with van der Waals surface area (Å²) < 4.78 is 15.6. The normalized spacial score (nSPS) is 11.1. The highest BCUT2D eigenvalue weighted by Gasteiger charge is 2.15. The van der Waals surface area contributed by atoms with E-state index in [-0.39, 0.29) is 12.3 Å². The summed E-state index contributed by atoms with van der Waals surface area (Å²) in [5.41, 5.74) is 3.61. The number of ether oxygens (including phenoxy) is 2. The molecule has 0 unspecified atom stereocenters. The fourth-order valence-corrected chi connectivity index (χ4v) is 3.60. The van der Waals surface area contributed by atoms with Crippen LogP contribution in [0, 0.1) is 6.92 Å². The van der Waals surface area contributed by atoms with Gasteiger partial charge >= 0.3 is 5.69 Å². The van der Waals surface area contributed by atoms with Crippen molar-refractivity contribution in [3.8, 4) is 23.1 Å². The second-order valence-electron chi connectivity index (χ2n) is 7.47. The molecule has 0 radical (unpaired) electrons. The lowest BCUT2D eigenvalue weighted by molar-refractivity contribution is 0.290. The van der Waals surface area contributed by atoms with E-state index in [0.717, 1.165) is 22.0 Å². The average Bonchev–Trinajstić information content (AvgIpc) is 3.44. The van der Waals surface area contributed by atoms with Crippen LogP contribution in [0.25, 0.3) is 22.3 Å². The number of hydrogen-bond donors (Lipinski definition) is 0. The number of aromatic nitrogens is 7. The molecule has 33 heavy (non-hydrogen) atoms. The molecule has 0 aliphatic rings. The third-order valence-corrected chi connectivity index (χ3v) is 5.37. The van der Waals surface area contributed by atoms with Gasteiger partial charge in [-0.1, -0.05) is 30.3 Å². The van der Waals surface area contributed by atoms with E-state index in [1.54, 1.807) is 31.1 Å². The first-order valence-electron chi connectivity index (χ1n) is 10.3. The van der Waals surface area contributed by atoms with Crippen molar-refractivity contribution in [2.75, 3.05) is 7.11 Å². The van der Waals surface area contributed by atoms with Crippen molar-refractivity contribution < 1.29 is 9.47 Å². The molecule has 0 N–H and O–H groups in total. The number of hydrogen-bond acceptors (Lipinski definition) is 7. The van der Waals surface area contributed by atoms with Crippen LogP contribution in [0.4, 0.5) is 0 Å². The molecule has 10 nitrogen and oxygen atoms in total. The number of fused-ring (bicyclic) bond motifs is 1. The minimum Gasteiger partial charge on any atom is -0.479 e. The molecular formula is C23H21N7O3. The maximum atomic E-state index is 12.3. The van der Waals surface area contributed by atoms with E-state index >= 15 is 0 Å². The van der Waals surface area contributed by atoms with Crippen LogP contribution < -0.4 is 15.2 Å². The summed E-state index contributed by atoms with van der Waals surface area (Å²) in [6.45, 7) is 2.16. The van der Waals surface area contributed by atoms with Gasteiger partial charge in [0.15, 0.2) is 0 Å². The van der Waals surface area contributed by atoms with Crippen LogP contribution in [-0.2, 0) is 13.7 Å². The lowest BCUT2D eigenvalue weighted by atomic mass is 10.1. The Hall–Kier alpha value is -4.47. The number of benzene rings is 2. The number of pyridine rings is 1. The van der Waals surface area contributed by atoms with E-state index < -0.39 is 0 Å². The standard InChI is InChI=1S/C23H21N7O3/c1-15-7-6-10-19(30-23(31)28(2)26-27-30)17(15)14-33-21-11-12-29(25-21)20-13-16-8-4-5-9-18(16)24-22(20)32-3/h4-13H,14H2,1-3H3. The summed E-state index contributed by atoms with van der Waals surface area (Å²) in [5, 5.41) is 13.3. The third-order valence-electron chi connectivity index (χ3n) is 5.37. The van der Waals surface area contributed by atoms with Crippen LogP contribution in [0.15, 0.2) is 65.6 Å². The predicted molar refractivity (Wildman–Crippen MR) is 121 cm³/mol. The smallest absolute Gasteiger partial charge is 0.368 e. The second kappa shape index (κ2) is 8.23. The van der Waals surface area contributed by atoms with E-state index in [2.05, 4.69) is 20.5 Å². The molecule has 0 amide bonds. The zero-order valence-corrected chi connectivity index (χ0v) is 18.3. The number of nitrogens with zero attached hydrogens (tertiary/aromatic N) is 7. The van der Waals surface area contributed by atoms with Gasteiger partial charge in [-0.2, -0.15) is 9.36 Å². The quantitative estimate of drug-likeness (QED) is 0.397. The van der Waals surface area contributed by atoms with Crippen molar-refractivity contribution in [2.45, 2.75) is 13.5 Å². The highest BCUT2D eigenvalue weighted by atomic mass is 16.5. The molecule has 0 spiro atoms. The molecule has 0 bridgehead atoms. The van der Waals surface area contributed by atoms with Gasteiger partial charge in [-0.15, -0.1) is 5.10 Å². The van der Waals surface area contributed by atoms with E-state index in [4.69, 9.17) is 9.47 Å². The number of para-hydroxylation sites is 1. The summed E-state index contributed by atoms with van der Waals surface area (Å²) in [6.07, 6.45) is 1.79. The highest BCUT2D eigenvalue weighted by molar-refractivity contribution is 5.81. The molecule has 5 rings (SSSR count). The zero-order chi connectivity index (χ0) is 22.9. The van der Waals surface area contributed by atoms with Gasteiger partial charge in [0, 0.05) is 30.3 Å². The minimum absolute atomic E-state index is 0.204. The summed E-state index contributed by atoms with van der Waals surface area (Å²) in [5.74, 6) is 0.887. The maximum Gasteiger partial charge on any atom is 0.368 e. The van der Waals surface area contributed by atoms with E-state index in [1.807, 2.05) is 55.5 Å². The van der Waals surface area contributed by atoms with Crippen molar-refractivity contribution in [1.82, 2.24) is 34.6 Å². The van der Waals surface area contributed by atoms with Gasteiger partial charge in [0.25, 0.3) is 0 Å². The first-order valence-corrected chi connectivity index (χ1v) is 10.3. The van der Waals surface area contributed by atoms with E-state index in [9.17, 15) is 4.79 Å². The Balaban J connectivity index is 1.44. The summed E-state index contributed by atoms with van der Waals surface area (Å²) >= 11 is 0. The first-order chi connectivity index (χ1) is 16.0. The molecule has 2 aromatic carbocycles. The van der Waals surface area contributed by atoms with Crippen molar-refractivity contribution >= 4 is 10.9 Å². The van der Waals surface area contributed by atoms with Gasteiger partial charge in [-0.25, -0.2) is 14.5 Å². The third kappa shape index (κ3) is 3.71. The molecular weight excluding hydrogens is 422 g/mol. The predicted octanol–water partition coefficient (Wildman–Crippen LogP) is 2.60. The lowest BCUT2D eigenvalue weighted by Crippen LogP contribution is -2.23. The van der Waals surface area contributed by atoms with Gasteiger partial charge in [-0.05, 0) is 41.1 Å². The number of tetrazole rings is 1. The largest absolute Gasteiger partial charge is 0.479 e. The molecule has 3 aromatic heterocycles. The summed E-state index contributed by atoms with van der Waals surface area (Å²) in [6, 6.07) is 17.2. The Morgan fingerprint density at radius 3 is 2.64 bits per heavy atom. The average molecular weight is 443 g/mol. The Morgan fingerprint density at radius 2 is 1.85 bits per heavy atom. The Morgan fingerprint density at radius 1 is 1.00 bits per heavy atom. The number of aryl methyl sites for hydroxylation is 2. The van der Waals surface area contributed by atoms with Crippen LogP contribution in [0.2, 0.25) is 0 Å². The maximum absolute atomic E-state index is 12.3. The molecule has 0 atom stereocenters. The topological polar surface area (TPSA) is 102 Å². The van der Waals surface area contributed by atoms with Gasteiger partial charge in [0.1, 0.15) is 12.3 Å². The minimum atomic E-state index is -0.331. The number of methoxy groups -OCH3 is 1. The van der Waals surface area contributed by atoms with E-state index in [0.29, 0.717) is 23.1 Å². The van der Waals surface area contributed by atoms with Crippen LogP contribution in [-0.4, -0.2) is 41.7 Å². The number of rotatable bonds is 6. The SMILES string of the molecule is COc1nc2ccccc2cc1-n1ccc(OCc2c(C)cccc2-n2nnn(C)c2=O)n1. The molecule has 0 fully saturated rings. The monoisotopic (exact) mass is 443 g/mol. The van der Waals surface area contributed by atoms with E-state index in [1.165, 1.54) is 9.36 Å². The van der Waals surface area contributed by atoms with Crippen LogP contribution >= 0.6 is 0 Å². The Kier molecular flexibility index (Phi) is 5.09. The van der Waals surface area contributed by atoms with Crippen molar-refractivity contribution in [3.05, 3.63) is 82.4 Å². The zero-order valence-electron chi connectivity index (χ0n) is 18.3. The fourth-order valence-electron chi connectivity index (χ4n) is 3.60.